The van der Waals surface area contributed by atoms with Crippen LogP contribution in [0.5, 0.6) is 0 Å². The van der Waals surface area contributed by atoms with Gasteiger partial charge in [0.1, 0.15) is 0 Å². The molecule has 160 valence electrons. The van der Waals surface area contributed by atoms with Crippen LogP contribution < -0.4 is 16.0 Å². The maximum atomic E-state index is 13.2. The Bertz CT molecular complexity index is 1010. The summed E-state index contributed by atoms with van der Waals surface area (Å²) in [5, 5.41) is 2.48. The van der Waals surface area contributed by atoms with E-state index >= 15 is 0 Å². The van der Waals surface area contributed by atoms with Gasteiger partial charge in [-0.3, -0.25) is 9.59 Å². The first-order valence-electron chi connectivity index (χ1n) is 10.0. The predicted molar refractivity (Wildman–Crippen MR) is 122 cm³/mol. The van der Waals surface area contributed by atoms with Gasteiger partial charge in [-0.25, -0.2) is 0 Å². The summed E-state index contributed by atoms with van der Waals surface area (Å²) in [5.41, 5.74) is 8.11. The molecule has 1 unspecified atom stereocenters. The Kier molecular flexibility index (Phi) is 7.18. The number of hydrogen-bond donors (Lipinski definition) is 2. The van der Waals surface area contributed by atoms with Crippen molar-refractivity contribution in [2.24, 2.45) is 5.73 Å². The van der Waals surface area contributed by atoms with E-state index in [0.29, 0.717) is 5.69 Å². The van der Waals surface area contributed by atoms with E-state index in [9.17, 15) is 9.59 Å². The molecule has 6 nitrogen and oxygen atoms in total. The lowest BCUT2D eigenvalue weighted by molar-refractivity contribution is -0.138. The van der Waals surface area contributed by atoms with E-state index in [2.05, 4.69) is 5.32 Å². The van der Waals surface area contributed by atoms with Crippen molar-refractivity contribution in [3.05, 3.63) is 90.5 Å². The number of ether oxygens (including phenoxy) is 1. The fourth-order valence-corrected chi connectivity index (χ4v) is 3.28. The van der Waals surface area contributed by atoms with Crippen LogP contribution in [0.3, 0.4) is 0 Å². The Morgan fingerprint density at radius 3 is 2.03 bits per heavy atom. The van der Waals surface area contributed by atoms with Crippen LogP contribution >= 0.6 is 0 Å². The minimum atomic E-state index is -1.85. The molecule has 0 fully saturated rings. The molecule has 0 aliphatic rings. The van der Waals surface area contributed by atoms with Gasteiger partial charge in [0.05, 0.1) is 13.2 Å². The standard InChI is InChI=1S/C25H27N3O3/c1-27-23(29)25(26,18-31-17-19-9-5-3-6-10-19)24(30)28(2)22-15-13-21(14-16-22)20-11-7-4-8-12-20/h3-16H,17-18,26H2,1-2H3,(H,27,29). The number of anilines is 1. The molecule has 0 radical (unpaired) electrons. The molecule has 3 rings (SSSR count). The zero-order valence-electron chi connectivity index (χ0n) is 17.7. The first kappa shape index (κ1) is 22.2. The molecule has 6 heteroatoms. The fourth-order valence-electron chi connectivity index (χ4n) is 3.28. The van der Waals surface area contributed by atoms with Gasteiger partial charge < -0.3 is 20.7 Å². The highest BCUT2D eigenvalue weighted by Gasteiger charge is 2.44. The number of carbonyl (C=O) groups is 2. The summed E-state index contributed by atoms with van der Waals surface area (Å²) in [5.74, 6) is -1.15. The third-order valence-electron chi connectivity index (χ3n) is 5.12. The highest BCUT2D eigenvalue weighted by atomic mass is 16.5. The maximum Gasteiger partial charge on any atom is 0.259 e. The second kappa shape index (κ2) is 10.0. The number of hydrogen-bond acceptors (Lipinski definition) is 4. The van der Waals surface area contributed by atoms with E-state index in [1.165, 1.54) is 11.9 Å². The lowest BCUT2D eigenvalue weighted by Crippen LogP contribution is -2.65. The van der Waals surface area contributed by atoms with Crippen molar-refractivity contribution in [2.45, 2.75) is 12.1 Å². The van der Waals surface area contributed by atoms with Crippen molar-refractivity contribution >= 4 is 17.5 Å². The van der Waals surface area contributed by atoms with E-state index in [-0.39, 0.29) is 13.2 Å². The second-order valence-electron chi connectivity index (χ2n) is 7.31. The molecular weight excluding hydrogens is 390 g/mol. The van der Waals surface area contributed by atoms with E-state index in [1.807, 2.05) is 84.9 Å². The lowest BCUT2D eigenvalue weighted by atomic mass is 9.98. The molecule has 2 amide bonds. The summed E-state index contributed by atoms with van der Waals surface area (Å²) in [4.78, 5) is 27.1. The van der Waals surface area contributed by atoms with E-state index in [0.717, 1.165) is 16.7 Å². The van der Waals surface area contributed by atoms with Crippen molar-refractivity contribution < 1.29 is 14.3 Å². The first-order chi connectivity index (χ1) is 15.0. The lowest BCUT2D eigenvalue weighted by Gasteiger charge is -2.31. The summed E-state index contributed by atoms with van der Waals surface area (Å²) in [6.45, 7) is 0.00634. The van der Waals surface area contributed by atoms with Crippen molar-refractivity contribution in [3.63, 3.8) is 0 Å². The molecule has 0 heterocycles. The van der Waals surface area contributed by atoms with Crippen LogP contribution in [0, 0.1) is 0 Å². The minimum Gasteiger partial charge on any atom is -0.374 e. The first-order valence-corrected chi connectivity index (χ1v) is 10.0. The second-order valence-corrected chi connectivity index (χ2v) is 7.31. The zero-order chi connectivity index (χ0) is 22.3. The molecule has 31 heavy (non-hydrogen) atoms. The largest absolute Gasteiger partial charge is 0.374 e. The molecule has 0 aliphatic heterocycles. The number of nitrogens with two attached hydrogens (primary N) is 1. The van der Waals surface area contributed by atoms with Gasteiger partial charge in [-0.1, -0.05) is 72.8 Å². The van der Waals surface area contributed by atoms with Gasteiger partial charge in [-0.15, -0.1) is 0 Å². The third-order valence-corrected chi connectivity index (χ3v) is 5.12. The highest BCUT2D eigenvalue weighted by Crippen LogP contribution is 2.24. The van der Waals surface area contributed by atoms with Crippen LogP contribution in [0.15, 0.2) is 84.9 Å². The number of nitrogens with zero attached hydrogens (tertiary/aromatic N) is 1. The van der Waals surface area contributed by atoms with Crippen molar-refractivity contribution in [1.82, 2.24) is 5.32 Å². The Labute approximate surface area is 182 Å². The normalized spacial score (nSPS) is 12.6. The molecule has 3 aromatic rings. The van der Waals surface area contributed by atoms with Gasteiger partial charge in [0, 0.05) is 19.8 Å². The summed E-state index contributed by atoms with van der Waals surface area (Å²) >= 11 is 0. The van der Waals surface area contributed by atoms with Crippen LogP contribution in [-0.4, -0.2) is 38.1 Å². The van der Waals surface area contributed by atoms with Gasteiger partial charge in [0.15, 0.2) is 5.54 Å². The molecular formula is C25H27N3O3. The number of nitrogens with one attached hydrogen (secondary N) is 1. The average molecular weight is 418 g/mol. The number of likely N-dealkylation sites (N-methyl/N-ethyl adjacent to an activating group) is 2. The number of rotatable bonds is 8. The third kappa shape index (κ3) is 5.17. The molecule has 0 bridgehead atoms. The number of carbonyl (C=O) groups excluding carboxylic acids is 2. The van der Waals surface area contributed by atoms with E-state index in [4.69, 9.17) is 10.5 Å². The van der Waals surface area contributed by atoms with Crippen molar-refractivity contribution in [2.75, 3.05) is 25.6 Å². The van der Waals surface area contributed by atoms with Crippen LogP contribution in [0.4, 0.5) is 5.69 Å². The van der Waals surface area contributed by atoms with E-state index < -0.39 is 17.4 Å². The van der Waals surface area contributed by atoms with Crippen LogP contribution in [0.25, 0.3) is 11.1 Å². The Morgan fingerprint density at radius 2 is 1.45 bits per heavy atom. The zero-order valence-corrected chi connectivity index (χ0v) is 17.7. The highest BCUT2D eigenvalue weighted by molar-refractivity contribution is 6.15. The molecule has 0 spiro atoms. The molecule has 3 N–H and O–H groups in total. The molecule has 0 aliphatic carbocycles. The smallest absolute Gasteiger partial charge is 0.259 e. The summed E-state index contributed by atoms with van der Waals surface area (Å²) < 4.78 is 5.66. The van der Waals surface area contributed by atoms with Gasteiger partial charge in [0.2, 0.25) is 0 Å². The quantitative estimate of drug-likeness (QED) is 0.552. The summed E-state index contributed by atoms with van der Waals surface area (Å²) in [6, 6.07) is 27.0. The SMILES string of the molecule is CNC(=O)C(N)(COCc1ccccc1)C(=O)N(C)c1ccc(-c2ccccc2)cc1. The Morgan fingerprint density at radius 1 is 0.903 bits per heavy atom. The van der Waals surface area contributed by atoms with Crippen molar-refractivity contribution in [1.29, 1.82) is 0 Å². The maximum absolute atomic E-state index is 13.2. The van der Waals surface area contributed by atoms with Gasteiger partial charge in [-0.2, -0.15) is 0 Å². The van der Waals surface area contributed by atoms with Gasteiger partial charge in [0.25, 0.3) is 11.8 Å². The van der Waals surface area contributed by atoms with Crippen LogP contribution in [0.1, 0.15) is 5.56 Å². The molecule has 0 aromatic heterocycles. The van der Waals surface area contributed by atoms with Crippen molar-refractivity contribution in [3.8, 4) is 11.1 Å². The molecule has 0 saturated heterocycles. The van der Waals surface area contributed by atoms with Gasteiger partial charge >= 0.3 is 0 Å². The molecule has 1 atom stereocenters. The van der Waals surface area contributed by atoms with Crippen LogP contribution in [-0.2, 0) is 20.9 Å². The Balaban J connectivity index is 1.74. The topological polar surface area (TPSA) is 84.7 Å². The molecule has 0 saturated carbocycles. The number of benzene rings is 3. The average Bonchev–Trinajstić information content (AvgIpc) is 2.83. The number of amides is 2. The predicted octanol–water partition coefficient (Wildman–Crippen LogP) is 2.98. The summed E-state index contributed by atoms with van der Waals surface area (Å²) in [6.07, 6.45) is 0. The Hall–Kier alpha value is -3.48. The summed E-state index contributed by atoms with van der Waals surface area (Å²) in [7, 11) is 3.05. The minimum absolute atomic E-state index is 0.243. The fraction of sp³-hybridized carbons (Fsp3) is 0.200. The molecule has 3 aromatic carbocycles. The van der Waals surface area contributed by atoms with Gasteiger partial charge in [-0.05, 0) is 28.8 Å². The monoisotopic (exact) mass is 417 g/mol. The van der Waals surface area contributed by atoms with Crippen LogP contribution in [0.2, 0.25) is 0 Å². The van der Waals surface area contributed by atoms with E-state index in [1.54, 1.807) is 7.05 Å².